The Morgan fingerprint density at radius 3 is 2.24 bits per heavy atom. The fraction of sp³-hybridized carbons (Fsp3) is 0.318. The van der Waals surface area contributed by atoms with Gasteiger partial charge >= 0.3 is 10.3 Å². The van der Waals surface area contributed by atoms with E-state index in [9.17, 15) is 17.8 Å². The van der Waals surface area contributed by atoms with Crippen molar-refractivity contribution < 1.29 is 17.8 Å². The summed E-state index contributed by atoms with van der Waals surface area (Å²) in [5.74, 6) is -0.537. The Morgan fingerprint density at radius 2 is 1.73 bits per heavy atom. The number of carbonyl (C=O) groups is 1. The molecule has 176 valence electrons. The molecular formula is C22H26ClN5O4S. The van der Waals surface area contributed by atoms with Gasteiger partial charge in [-0.3, -0.25) is 19.0 Å². The Labute approximate surface area is 198 Å². The SMILES string of the molecule is CC(NC(=O)c1c(N(c2ccc(Cl)cc2)S(=O)(=O)O)c(-c2ccncc2)nn1C)C(C)(C)C. The standard InChI is InChI=1S/C22H26ClN5O4S/c1-14(22(2,3)4)25-21(29)20-19(18(26-27(20)5)15-10-12-24-13-11-15)28(33(30,31)32)17-8-6-16(23)7-9-17/h6-14H,1-5H3,(H,25,29)(H,30,31,32). The number of carbonyl (C=O) groups excluding carboxylic acids is 1. The van der Waals surface area contributed by atoms with Gasteiger partial charge in [-0.1, -0.05) is 32.4 Å². The maximum absolute atomic E-state index is 13.4. The van der Waals surface area contributed by atoms with Crippen LogP contribution in [0.2, 0.25) is 5.02 Å². The minimum absolute atomic E-state index is 0.0366. The first-order valence-corrected chi connectivity index (χ1v) is 11.9. The van der Waals surface area contributed by atoms with Crippen LogP contribution in [0.5, 0.6) is 0 Å². The van der Waals surface area contributed by atoms with E-state index >= 15 is 0 Å². The van der Waals surface area contributed by atoms with Gasteiger partial charge in [-0.25, -0.2) is 4.31 Å². The highest BCUT2D eigenvalue weighted by Gasteiger charge is 2.35. The molecule has 0 fully saturated rings. The molecule has 0 radical (unpaired) electrons. The van der Waals surface area contributed by atoms with Crippen LogP contribution in [0.3, 0.4) is 0 Å². The van der Waals surface area contributed by atoms with Gasteiger partial charge in [0, 0.05) is 36.1 Å². The van der Waals surface area contributed by atoms with E-state index in [4.69, 9.17) is 11.6 Å². The fourth-order valence-electron chi connectivity index (χ4n) is 3.10. The van der Waals surface area contributed by atoms with Gasteiger partial charge in [0.05, 0.1) is 5.69 Å². The summed E-state index contributed by atoms with van der Waals surface area (Å²) in [6, 6.07) is 8.85. The van der Waals surface area contributed by atoms with Crippen molar-refractivity contribution in [1.29, 1.82) is 0 Å². The van der Waals surface area contributed by atoms with Crippen LogP contribution in [0.15, 0.2) is 48.8 Å². The van der Waals surface area contributed by atoms with Gasteiger partial charge in [0.1, 0.15) is 11.4 Å². The number of aromatic nitrogens is 3. The van der Waals surface area contributed by atoms with E-state index in [1.54, 1.807) is 12.1 Å². The van der Waals surface area contributed by atoms with Crippen LogP contribution in [0.25, 0.3) is 11.3 Å². The number of hydrogen-bond donors (Lipinski definition) is 2. The molecule has 0 saturated carbocycles. The Hall–Kier alpha value is -2.95. The van der Waals surface area contributed by atoms with E-state index in [1.807, 2.05) is 27.7 Å². The highest BCUT2D eigenvalue weighted by molar-refractivity contribution is 7.87. The van der Waals surface area contributed by atoms with Crippen molar-refractivity contribution in [1.82, 2.24) is 20.1 Å². The average molecular weight is 492 g/mol. The normalized spacial score (nSPS) is 12.9. The number of halogens is 1. The lowest BCUT2D eigenvalue weighted by Gasteiger charge is -2.28. The van der Waals surface area contributed by atoms with Gasteiger partial charge in [0.15, 0.2) is 5.69 Å². The smallest absolute Gasteiger partial charge is 0.348 e. The number of rotatable bonds is 6. The molecule has 2 aromatic heterocycles. The summed E-state index contributed by atoms with van der Waals surface area (Å²) in [5.41, 5.74) is 0.407. The van der Waals surface area contributed by atoms with Crippen molar-refractivity contribution in [3.05, 3.63) is 59.5 Å². The first kappa shape index (κ1) is 24.7. The molecule has 0 spiro atoms. The van der Waals surface area contributed by atoms with Crippen LogP contribution in [-0.4, -0.2) is 39.7 Å². The molecule has 1 amide bonds. The number of anilines is 2. The van der Waals surface area contributed by atoms with Crippen molar-refractivity contribution in [2.75, 3.05) is 4.31 Å². The molecule has 1 unspecified atom stereocenters. The lowest BCUT2D eigenvalue weighted by molar-refractivity contribution is 0.0901. The van der Waals surface area contributed by atoms with E-state index in [1.165, 1.54) is 48.4 Å². The topological polar surface area (TPSA) is 117 Å². The number of nitrogens with zero attached hydrogens (tertiary/aromatic N) is 4. The van der Waals surface area contributed by atoms with E-state index in [0.29, 0.717) is 14.9 Å². The summed E-state index contributed by atoms with van der Waals surface area (Å²) in [4.78, 5) is 17.4. The third-order valence-electron chi connectivity index (χ3n) is 5.33. The third-order valence-corrected chi connectivity index (χ3v) is 6.44. The summed E-state index contributed by atoms with van der Waals surface area (Å²) >= 11 is 5.97. The van der Waals surface area contributed by atoms with E-state index < -0.39 is 16.2 Å². The number of benzene rings is 1. The monoisotopic (exact) mass is 491 g/mol. The van der Waals surface area contributed by atoms with E-state index in [2.05, 4.69) is 15.4 Å². The first-order valence-electron chi connectivity index (χ1n) is 10.1. The quantitative estimate of drug-likeness (QED) is 0.498. The molecule has 33 heavy (non-hydrogen) atoms. The molecule has 0 aliphatic rings. The molecule has 0 aliphatic heterocycles. The third kappa shape index (κ3) is 5.35. The van der Waals surface area contributed by atoms with Crippen molar-refractivity contribution in [3.8, 4) is 11.3 Å². The molecular weight excluding hydrogens is 466 g/mol. The molecule has 0 saturated heterocycles. The average Bonchev–Trinajstić information content (AvgIpc) is 3.05. The van der Waals surface area contributed by atoms with Crippen molar-refractivity contribution >= 4 is 39.2 Å². The zero-order valence-electron chi connectivity index (χ0n) is 18.9. The molecule has 1 aromatic carbocycles. The summed E-state index contributed by atoms with van der Waals surface area (Å²) in [6.07, 6.45) is 3.05. The van der Waals surface area contributed by atoms with Crippen LogP contribution >= 0.6 is 11.6 Å². The van der Waals surface area contributed by atoms with E-state index in [0.717, 1.165) is 0 Å². The van der Waals surface area contributed by atoms with E-state index in [-0.39, 0.29) is 34.2 Å². The number of aryl methyl sites for hydroxylation is 1. The van der Waals surface area contributed by atoms with Crippen molar-refractivity contribution in [2.24, 2.45) is 12.5 Å². The molecule has 0 aliphatic carbocycles. The molecule has 9 nitrogen and oxygen atoms in total. The molecule has 11 heteroatoms. The Balaban J connectivity index is 2.30. The van der Waals surface area contributed by atoms with Crippen LogP contribution < -0.4 is 9.62 Å². The summed E-state index contributed by atoms with van der Waals surface area (Å²) in [6.45, 7) is 7.78. The zero-order chi connectivity index (χ0) is 24.6. The molecule has 2 heterocycles. The molecule has 0 bridgehead atoms. The maximum Gasteiger partial charge on any atom is 0.364 e. The van der Waals surface area contributed by atoms with Crippen LogP contribution in [0.1, 0.15) is 38.2 Å². The van der Waals surface area contributed by atoms with Gasteiger partial charge in [0.25, 0.3) is 5.91 Å². The van der Waals surface area contributed by atoms with Gasteiger partial charge in [-0.05, 0) is 48.7 Å². The molecule has 1 atom stereocenters. The molecule has 2 N–H and O–H groups in total. The van der Waals surface area contributed by atoms with Gasteiger partial charge in [0.2, 0.25) is 0 Å². The second kappa shape index (κ2) is 9.12. The fourth-order valence-corrected chi connectivity index (χ4v) is 4.02. The Bertz CT molecular complexity index is 1250. The van der Waals surface area contributed by atoms with Crippen LogP contribution in [0, 0.1) is 5.41 Å². The minimum Gasteiger partial charge on any atom is -0.348 e. The molecule has 3 aromatic rings. The lowest BCUT2D eigenvalue weighted by atomic mass is 9.88. The van der Waals surface area contributed by atoms with Crippen LogP contribution in [0.4, 0.5) is 11.4 Å². The Morgan fingerprint density at radius 1 is 1.15 bits per heavy atom. The highest BCUT2D eigenvalue weighted by Crippen LogP contribution is 2.39. The highest BCUT2D eigenvalue weighted by atomic mass is 35.5. The minimum atomic E-state index is -4.87. The summed E-state index contributed by atoms with van der Waals surface area (Å²) in [5, 5.41) is 7.73. The number of amides is 1. The predicted octanol–water partition coefficient (Wildman–Crippen LogP) is 4.24. The van der Waals surface area contributed by atoms with Gasteiger partial charge in [-0.15, -0.1) is 0 Å². The second-order valence-electron chi connectivity index (χ2n) is 8.69. The first-order chi connectivity index (χ1) is 15.3. The van der Waals surface area contributed by atoms with Crippen LogP contribution in [-0.2, 0) is 17.4 Å². The number of pyridine rings is 1. The predicted molar refractivity (Wildman–Crippen MR) is 128 cm³/mol. The number of hydrogen-bond acceptors (Lipinski definition) is 5. The van der Waals surface area contributed by atoms with Gasteiger partial charge in [-0.2, -0.15) is 13.5 Å². The zero-order valence-corrected chi connectivity index (χ0v) is 20.5. The van der Waals surface area contributed by atoms with Crippen molar-refractivity contribution in [2.45, 2.75) is 33.7 Å². The summed E-state index contributed by atoms with van der Waals surface area (Å²) in [7, 11) is -3.34. The number of nitrogens with one attached hydrogen (secondary N) is 1. The van der Waals surface area contributed by atoms with Gasteiger partial charge < -0.3 is 5.32 Å². The molecule has 3 rings (SSSR count). The Kier molecular flexibility index (Phi) is 6.83. The maximum atomic E-state index is 13.4. The summed E-state index contributed by atoms with van der Waals surface area (Å²) < 4.78 is 37.5. The second-order valence-corrected chi connectivity index (χ2v) is 10.4. The van der Waals surface area contributed by atoms with Crippen molar-refractivity contribution in [3.63, 3.8) is 0 Å². The largest absolute Gasteiger partial charge is 0.364 e. The lowest BCUT2D eigenvalue weighted by Crippen LogP contribution is -2.42.